The molecule has 0 saturated carbocycles. The zero-order chi connectivity index (χ0) is 15.6. The van der Waals surface area contributed by atoms with E-state index in [0.29, 0.717) is 6.04 Å². The van der Waals surface area contributed by atoms with Crippen molar-refractivity contribution in [3.05, 3.63) is 64.3 Å². The van der Waals surface area contributed by atoms with Gasteiger partial charge in [-0.05, 0) is 17.7 Å². The summed E-state index contributed by atoms with van der Waals surface area (Å²) < 4.78 is 1.26. The first kappa shape index (κ1) is 17.6. The average molecular weight is 380 g/mol. The van der Waals surface area contributed by atoms with Crippen LogP contribution in [0, 0.1) is 0 Å². The molecular weight excluding hydrogens is 361 g/mol. The predicted octanol–water partition coefficient (Wildman–Crippen LogP) is 4.52. The SMILES string of the molecule is Cl.Clc1c(CN2CCNCC2c2cccnc2)sc2ccccc12. The molecule has 24 heavy (non-hydrogen) atoms. The molecule has 1 aromatic carbocycles. The van der Waals surface area contributed by atoms with Crippen LogP contribution in [0.15, 0.2) is 48.8 Å². The standard InChI is InChI=1S/C18H18ClN3S.ClH/c19-18-14-5-1-2-6-16(14)23-17(18)12-22-9-8-21-11-15(22)13-4-3-7-20-10-13;/h1-7,10,15,21H,8-9,11-12H2;1H. The lowest BCUT2D eigenvalue weighted by atomic mass is 10.1. The highest BCUT2D eigenvalue weighted by atomic mass is 35.5. The summed E-state index contributed by atoms with van der Waals surface area (Å²) >= 11 is 8.43. The molecule has 4 rings (SSSR count). The van der Waals surface area contributed by atoms with Gasteiger partial charge in [0.15, 0.2) is 0 Å². The second-order valence-corrected chi connectivity index (χ2v) is 7.33. The quantitative estimate of drug-likeness (QED) is 0.724. The highest BCUT2D eigenvalue weighted by Crippen LogP contribution is 2.37. The van der Waals surface area contributed by atoms with Crippen LogP contribution in [0.25, 0.3) is 10.1 Å². The van der Waals surface area contributed by atoms with Crippen molar-refractivity contribution in [2.45, 2.75) is 12.6 Å². The lowest BCUT2D eigenvalue weighted by Gasteiger charge is -2.36. The highest BCUT2D eigenvalue weighted by Gasteiger charge is 2.25. The lowest BCUT2D eigenvalue weighted by molar-refractivity contribution is 0.155. The van der Waals surface area contributed by atoms with Gasteiger partial charge in [-0.2, -0.15) is 0 Å². The Labute approximate surface area is 157 Å². The Hall–Kier alpha value is -1.17. The number of aromatic nitrogens is 1. The number of hydrogen-bond acceptors (Lipinski definition) is 4. The third-order valence-electron chi connectivity index (χ3n) is 4.37. The van der Waals surface area contributed by atoms with Crippen LogP contribution in [0.3, 0.4) is 0 Å². The molecule has 1 saturated heterocycles. The minimum Gasteiger partial charge on any atom is -0.314 e. The van der Waals surface area contributed by atoms with Gasteiger partial charge in [0.25, 0.3) is 0 Å². The van der Waals surface area contributed by atoms with Gasteiger partial charge >= 0.3 is 0 Å². The summed E-state index contributed by atoms with van der Waals surface area (Å²) in [6.07, 6.45) is 3.80. The van der Waals surface area contributed by atoms with Gasteiger partial charge < -0.3 is 5.32 Å². The van der Waals surface area contributed by atoms with E-state index in [1.165, 1.54) is 20.5 Å². The maximum atomic E-state index is 6.63. The molecule has 6 heteroatoms. The number of hydrogen-bond donors (Lipinski definition) is 1. The fraction of sp³-hybridized carbons (Fsp3) is 0.278. The van der Waals surface area contributed by atoms with Crippen molar-refractivity contribution in [1.29, 1.82) is 0 Å². The zero-order valence-electron chi connectivity index (χ0n) is 13.1. The molecule has 0 amide bonds. The molecule has 0 radical (unpaired) electrons. The van der Waals surface area contributed by atoms with Crippen LogP contribution in [0.4, 0.5) is 0 Å². The molecule has 126 valence electrons. The fourth-order valence-corrected chi connectivity index (χ4v) is 4.71. The van der Waals surface area contributed by atoms with Gasteiger partial charge in [0.2, 0.25) is 0 Å². The van der Waals surface area contributed by atoms with E-state index in [1.807, 2.05) is 24.5 Å². The minimum atomic E-state index is 0. The molecule has 3 heterocycles. The Morgan fingerprint density at radius 1 is 1.25 bits per heavy atom. The van der Waals surface area contributed by atoms with Crippen molar-refractivity contribution in [2.75, 3.05) is 19.6 Å². The lowest BCUT2D eigenvalue weighted by Crippen LogP contribution is -2.45. The topological polar surface area (TPSA) is 28.2 Å². The molecule has 0 aliphatic carbocycles. The summed E-state index contributed by atoms with van der Waals surface area (Å²) in [7, 11) is 0. The summed E-state index contributed by atoms with van der Waals surface area (Å²) in [6, 6.07) is 12.9. The first-order valence-electron chi connectivity index (χ1n) is 7.83. The Bertz CT molecular complexity index is 806. The molecule has 1 aliphatic heterocycles. The van der Waals surface area contributed by atoms with Crippen molar-refractivity contribution in [3.8, 4) is 0 Å². The van der Waals surface area contributed by atoms with Crippen molar-refractivity contribution in [3.63, 3.8) is 0 Å². The molecule has 1 N–H and O–H groups in total. The van der Waals surface area contributed by atoms with E-state index in [1.54, 1.807) is 11.3 Å². The van der Waals surface area contributed by atoms with Gasteiger partial charge in [-0.15, -0.1) is 23.7 Å². The Kier molecular flexibility index (Phi) is 5.74. The molecule has 0 bridgehead atoms. The van der Waals surface area contributed by atoms with Crippen molar-refractivity contribution in [2.24, 2.45) is 0 Å². The number of pyridine rings is 1. The summed E-state index contributed by atoms with van der Waals surface area (Å²) in [5.41, 5.74) is 1.26. The number of benzene rings is 1. The summed E-state index contributed by atoms with van der Waals surface area (Å²) in [5, 5.41) is 5.57. The van der Waals surface area contributed by atoms with Crippen LogP contribution in [0.2, 0.25) is 5.02 Å². The van der Waals surface area contributed by atoms with Crippen LogP contribution >= 0.6 is 35.3 Å². The maximum Gasteiger partial charge on any atom is 0.0637 e. The molecule has 1 fully saturated rings. The number of piperazine rings is 1. The van der Waals surface area contributed by atoms with Crippen LogP contribution < -0.4 is 5.32 Å². The summed E-state index contributed by atoms with van der Waals surface area (Å²) in [5.74, 6) is 0. The third-order valence-corrected chi connectivity index (χ3v) is 6.07. The Morgan fingerprint density at radius 2 is 2.12 bits per heavy atom. The van der Waals surface area contributed by atoms with E-state index < -0.39 is 0 Å². The second kappa shape index (κ2) is 7.81. The number of nitrogens with zero attached hydrogens (tertiary/aromatic N) is 2. The van der Waals surface area contributed by atoms with Gasteiger partial charge in [-0.1, -0.05) is 35.9 Å². The van der Waals surface area contributed by atoms with Gasteiger partial charge in [-0.3, -0.25) is 9.88 Å². The van der Waals surface area contributed by atoms with Crippen LogP contribution in [-0.2, 0) is 6.54 Å². The van der Waals surface area contributed by atoms with Gasteiger partial charge in [0.05, 0.1) is 5.02 Å². The summed E-state index contributed by atoms with van der Waals surface area (Å²) in [6.45, 7) is 3.87. The first-order valence-corrected chi connectivity index (χ1v) is 9.03. The van der Waals surface area contributed by atoms with Gasteiger partial charge in [-0.25, -0.2) is 0 Å². The first-order chi connectivity index (χ1) is 11.3. The summed E-state index contributed by atoms with van der Waals surface area (Å²) in [4.78, 5) is 8.03. The number of halogens is 2. The fourth-order valence-electron chi connectivity index (χ4n) is 3.19. The predicted molar refractivity (Wildman–Crippen MR) is 104 cm³/mol. The molecule has 1 atom stereocenters. The zero-order valence-corrected chi connectivity index (χ0v) is 15.5. The van der Waals surface area contributed by atoms with E-state index >= 15 is 0 Å². The number of rotatable bonds is 3. The maximum absolute atomic E-state index is 6.63. The van der Waals surface area contributed by atoms with Crippen molar-refractivity contribution < 1.29 is 0 Å². The van der Waals surface area contributed by atoms with Crippen LogP contribution in [0.1, 0.15) is 16.5 Å². The highest BCUT2D eigenvalue weighted by molar-refractivity contribution is 7.19. The Morgan fingerprint density at radius 3 is 2.92 bits per heavy atom. The van der Waals surface area contributed by atoms with E-state index in [-0.39, 0.29) is 12.4 Å². The molecule has 0 spiro atoms. The van der Waals surface area contributed by atoms with Gasteiger partial charge in [0.1, 0.15) is 0 Å². The molecule has 1 aliphatic rings. The van der Waals surface area contributed by atoms with Crippen LogP contribution in [0.5, 0.6) is 0 Å². The second-order valence-electron chi connectivity index (χ2n) is 5.81. The van der Waals surface area contributed by atoms with E-state index in [4.69, 9.17) is 11.6 Å². The smallest absolute Gasteiger partial charge is 0.0637 e. The monoisotopic (exact) mass is 379 g/mol. The minimum absolute atomic E-state index is 0. The molecular formula is C18H19Cl2N3S. The van der Waals surface area contributed by atoms with Crippen molar-refractivity contribution in [1.82, 2.24) is 15.2 Å². The van der Waals surface area contributed by atoms with E-state index in [9.17, 15) is 0 Å². The molecule has 1 unspecified atom stereocenters. The van der Waals surface area contributed by atoms with E-state index in [0.717, 1.165) is 31.2 Å². The largest absolute Gasteiger partial charge is 0.314 e. The van der Waals surface area contributed by atoms with Crippen LogP contribution in [-0.4, -0.2) is 29.5 Å². The van der Waals surface area contributed by atoms with E-state index in [2.05, 4.69) is 39.5 Å². The number of fused-ring (bicyclic) bond motifs is 1. The third kappa shape index (κ3) is 3.44. The average Bonchev–Trinajstić information content (AvgIpc) is 2.92. The Balaban J connectivity index is 0.00000169. The number of thiophene rings is 1. The molecule has 3 aromatic rings. The molecule has 2 aromatic heterocycles. The normalized spacial score (nSPS) is 18.5. The molecule has 3 nitrogen and oxygen atoms in total. The van der Waals surface area contributed by atoms with Crippen molar-refractivity contribution >= 4 is 45.4 Å². The van der Waals surface area contributed by atoms with Gasteiger partial charge in [0, 0.05) is 59.6 Å². The number of nitrogens with one attached hydrogen (secondary N) is 1.